The molecule has 5 heteroatoms. The van der Waals surface area contributed by atoms with Gasteiger partial charge in [0.2, 0.25) is 0 Å². The lowest BCUT2D eigenvalue weighted by Gasteiger charge is -2.18. The Hall–Kier alpha value is -1.39. The number of rotatable bonds is 3. The van der Waals surface area contributed by atoms with Crippen LogP contribution in [0.25, 0.3) is 0 Å². The Morgan fingerprint density at radius 1 is 1.25 bits per heavy atom. The minimum absolute atomic E-state index is 0.174. The maximum Gasteiger partial charge on any atom is 0.255 e. The van der Waals surface area contributed by atoms with Gasteiger partial charge in [-0.2, -0.15) is 0 Å². The zero-order chi connectivity index (χ0) is 14.7. The molecule has 2 aromatic carbocycles. The molecule has 0 heterocycles. The molecule has 0 aliphatic heterocycles. The van der Waals surface area contributed by atoms with Crippen LogP contribution in [-0.2, 0) is 6.54 Å². The van der Waals surface area contributed by atoms with Crippen molar-refractivity contribution in [2.45, 2.75) is 6.54 Å². The second kappa shape index (κ2) is 6.37. The highest BCUT2D eigenvalue weighted by molar-refractivity contribution is 9.10. The molecule has 0 fully saturated rings. The summed E-state index contributed by atoms with van der Waals surface area (Å²) < 4.78 is 13.5. The van der Waals surface area contributed by atoms with Gasteiger partial charge in [-0.25, -0.2) is 4.39 Å². The van der Waals surface area contributed by atoms with Crippen molar-refractivity contribution in [2.24, 2.45) is 0 Å². The molecular formula is C15H12BrClFNO. The maximum atomic E-state index is 13.0. The Kier molecular flexibility index (Phi) is 4.78. The first kappa shape index (κ1) is 15.0. The number of carbonyl (C=O) groups excluding carboxylic acids is 1. The largest absolute Gasteiger partial charge is 0.337 e. The van der Waals surface area contributed by atoms with Gasteiger partial charge in [0.05, 0.1) is 5.56 Å². The summed E-state index contributed by atoms with van der Waals surface area (Å²) in [5.74, 6) is -0.555. The molecule has 0 N–H and O–H groups in total. The minimum Gasteiger partial charge on any atom is -0.337 e. The van der Waals surface area contributed by atoms with Gasteiger partial charge < -0.3 is 4.90 Å². The van der Waals surface area contributed by atoms with Crippen LogP contribution in [-0.4, -0.2) is 17.9 Å². The number of benzene rings is 2. The molecule has 104 valence electrons. The van der Waals surface area contributed by atoms with E-state index in [0.29, 0.717) is 21.6 Å². The molecule has 0 saturated heterocycles. The molecule has 0 atom stereocenters. The fourth-order valence-corrected chi connectivity index (χ4v) is 2.45. The summed E-state index contributed by atoms with van der Waals surface area (Å²) in [5.41, 5.74) is 1.41. The lowest BCUT2D eigenvalue weighted by Crippen LogP contribution is -2.26. The van der Waals surface area contributed by atoms with Gasteiger partial charge in [0.25, 0.3) is 5.91 Å². The van der Waals surface area contributed by atoms with Gasteiger partial charge >= 0.3 is 0 Å². The number of nitrogens with zero attached hydrogens (tertiary/aromatic N) is 1. The van der Waals surface area contributed by atoms with Crippen LogP contribution in [0.15, 0.2) is 46.9 Å². The lowest BCUT2D eigenvalue weighted by atomic mass is 10.1. The second-order valence-corrected chi connectivity index (χ2v) is 5.70. The second-order valence-electron chi connectivity index (χ2n) is 4.41. The van der Waals surface area contributed by atoms with Crippen LogP contribution in [0.5, 0.6) is 0 Å². The predicted octanol–water partition coefficient (Wildman–Crippen LogP) is 4.51. The van der Waals surface area contributed by atoms with E-state index in [-0.39, 0.29) is 11.7 Å². The Morgan fingerprint density at radius 3 is 2.50 bits per heavy atom. The predicted molar refractivity (Wildman–Crippen MR) is 81.3 cm³/mol. The average Bonchev–Trinajstić information content (AvgIpc) is 2.40. The molecule has 2 rings (SSSR count). The van der Waals surface area contributed by atoms with Crippen LogP contribution >= 0.6 is 27.5 Å². The number of hydrogen-bond donors (Lipinski definition) is 0. The van der Waals surface area contributed by atoms with Crippen molar-refractivity contribution in [3.8, 4) is 0 Å². The third-order valence-corrected chi connectivity index (χ3v) is 3.75. The Balaban J connectivity index is 2.14. The lowest BCUT2D eigenvalue weighted by molar-refractivity contribution is 0.0784. The van der Waals surface area contributed by atoms with Gasteiger partial charge in [0.15, 0.2) is 0 Å². The molecule has 0 radical (unpaired) electrons. The zero-order valence-electron chi connectivity index (χ0n) is 10.7. The summed E-state index contributed by atoms with van der Waals surface area (Å²) in [6.45, 7) is 0.458. The molecule has 0 saturated carbocycles. The minimum atomic E-state index is -0.381. The van der Waals surface area contributed by atoms with E-state index in [0.717, 1.165) is 5.56 Å². The molecule has 0 bridgehead atoms. The van der Waals surface area contributed by atoms with Crippen LogP contribution in [0.4, 0.5) is 4.39 Å². The molecule has 0 aliphatic rings. The first-order valence-electron chi connectivity index (χ1n) is 5.92. The van der Waals surface area contributed by atoms with E-state index < -0.39 is 0 Å². The molecular weight excluding hydrogens is 345 g/mol. The number of amides is 1. The van der Waals surface area contributed by atoms with Gasteiger partial charge in [-0.3, -0.25) is 4.79 Å². The average molecular weight is 357 g/mol. The SMILES string of the molecule is CN(Cc1ccc(Cl)cc1)C(=O)c1ccc(F)cc1Br. The molecule has 1 amide bonds. The molecule has 2 aromatic rings. The summed E-state index contributed by atoms with van der Waals surface area (Å²) in [4.78, 5) is 13.9. The quantitative estimate of drug-likeness (QED) is 0.792. The van der Waals surface area contributed by atoms with Crippen molar-refractivity contribution in [2.75, 3.05) is 7.05 Å². The smallest absolute Gasteiger partial charge is 0.255 e. The summed E-state index contributed by atoms with van der Waals surface area (Å²) in [5, 5.41) is 0.656. The van der Waals surface area contributed by atoms with Gasteiger partial charge in [0, 0.05) is 23.1 Å². The van der Waals surface area contributed by atoms with E-state index in [4.69, 9.17) is 11.6 Å². The monoisotopic (exact) mass is 355 g/mol. The summed E-state index contributed by atoms with van der Waals surface area (Å²) >= 11 is 9.03. The fourth-order valence-electron chi connectivity index (χ4n) is 1.80. The highest BCUT2D eigenvalue weighted by atomic mass is 79.9. The molecule has 2 nitrogen and oxygen atoms in total. The van der Waals surface area contributed by atoms with Crippen LogP contribution in [0, 0.1) is 5.82 Å². The third-order valence-electron chi connectivity index (χ3n) is 2.84. The molecule has 0 unspecified atom stereocenters. The van der Waals surface area contributed by atoms with E-state index in [2.05, 4.69) is 15.9 Å². The van der Waals surface area contributed by atoms with Crippen LogP contribution < -0.4 is 0 Å². The molecule has 0 aromatic heterocycles. The summed E-state index contributed by atoms with van der Waals surface area (Å²) in [6, 6.07) is 11.3. The van der Waals surface area contributed by atoms with Gasteiger partial charge in [-0.15, -0.1) is 0 Å². The molecule has 20 heavy (non-hydrogen) atoms. The van der Waals surface area contributed by atoms with Crippen molar-refractivity contribution < 1.29 is 9.18 Å². The summed E-state index contributed by atoms with van der Waals surface area (Å²) in [7, 11) is 1.70. The first-order chi connectivity index (χ1) is 9.47. The maximum absolute atomic E-state index is 13.0. The van der Waals surface area contributed by atoms with Crippen molar-refractivity contribution >= 4 is 33.4 Å². The number of carbonyl (C=O) groups is 1. The van der Waals surface area contributed by atoms with E-state index in [1.165, 1.54) is 18.2 Å². The van der Waals surface area contributed by atoms with Crippen molar-refractivity contribution in [3.63, 3.8) is 0 Å². The van der Waals surface area contributed by atoms with Gasteiger partial charge in [0.1, 0.15) is 5.82 Å². The van der Waals surface area contributed by atoms with Crippen molar-refractivity contribution in [3.05, 3.63) is 68.9 Å². The highest BCUT2D eigenvalue weighted by Gasteiger charge is 2.15. The fraction of sp³-hybridized carbons (Fsp3) is 0.133. The zero-order valence-corrected chi connectivity index (χ0v) is 13.1. The first-order valence-corrected chi connectivity index (χ1v) is 7.09. The standard InChI is InChI=1S/C15H12BrClFNO/c1-19(9-10-2-4-11(17)5-3-10)15(20)13-7-6-12(18)8-14(13)16/h2-8H,9H2,1H3. The van der Waals surface area contributed by atoms with E-state index >= 15 is 0 Å². The Morgan fingerprint density at radius 2 is 1.90 bits per heavy atom. The van der Waals surface area contributed by atoms with Crippen LogP contribution in [0.1, 0.15) is 15.9 Å². The topological polar surface area (TPSA) is 20.3 Å². The van der Waals surface area contributed by atoms with Crippen molar-refractivity contribution in [1.29, 1.82) is 0 Å². The third kappa shape index (κ3) is 3.58. The van der Waals surface area contributed by atoms with Gasteiger partial charge in [-0.1, -0.05) is 23.7 Å². The van der Waals surface area contributed by atoms with Crippen LogP contribution in [0.2, 0.25) is 5.02 Å². The molecule has 0 spiro atoms. The van der Waals surface area contributed by atoms with E-state index in [1.54, 1.807) is 24.1 Å². The van der Waals surface area contributed by atoms with E-state index in [1.807, 2.05) is 12.1 Å². The Labute approximate surface area is 130 Å². The Bertz CT molecular complexity index is 630. The van der Waals surface area contributed by atoms with Crippen LogP contribution in [0.3, 0.4) is 0 Å². The highest BCUT2D eigenvalue weighted by Crippen LogP contribution is 2.20. The number of hydrogen-bond acceptors (Lipinski definition) is 1. The van der Waals surface area contributed by atoms with Crippen molar-refractivity contribution in [1.82, 2.24) is 4.90 Å². The molecule has 0 aliphatic carbocycles. The summed E-state index contributed by atoms with van der Waals surface area (Å²) in [6.07, 6.45) is 0. The normalized spacial score (nSPS) is 10.4. The van der Waals surface area contributed by atoms with Gasteiger partial charge in [-0.05, 0) is 51.8 Å². The number of halogens is 3. The van der Waals surface area contributed by atoms with E-state index in [9.17, 15) is 9.18 Å².